The normalized spacial score (nSPS) is 12.5. The number of amides is 2. The maximum atomic E-state index is 14.2. The molecule has 0 spiro atoms. The molecule has 0 saturated heterocycles. The lowest BCUT2D eigenvalue weighted by molar-refractivity contribution is -0.138. The largest absolute Gasteiger partial charge is 0.416 e. The zero-order valence-electron chi connectivity index (χ0n) is 29.6. The Balaban J connectivity index is 0.000000198. The lowest BCUT2D eigenvalue weighted by Crippen LogP contribution is -2.31. The van der Waals surface area contributed by atoms with E-state index in [4.69, 9.17) is 0 Å². The molecular weight excluding hydrogens is 833 g/mol. The van der Waals surface area contributed by atoms with Crippen molar-refractivity contribution in [2.45, 2.75) is 24.4 Å². The summed E-state index contributed by atoms with van der Waals surface area (Å²) in [7, 11) is 0. The van der Waals surface area contributed by atoms with Gasteiger partial charge in [0.2, 0.25) is 0 Å². The first-order valence-corrected chi connectivity index (χ1v) is 17.9. The minimum Gasteiger partial charge on any atom is -0.339 e. The molecule has 7 rings (SSSR count). The van der Waals surface area contributed by atoms with Gasteiger partial charge in [-0.25, -0.2) is 4.39 Å². The summed E-state index contributed by atoms with van der Waals surface area (Å²) in [6.45, 7) is 0. The molecule has 2 atom stereocenters. The van der Waals surface area contributed by atoms with Crippen molar-refractivity contribution in [1.29, 1.82) is 0 Å². The summed E-state index contributed by atoms with van der Waals surface area (Å²) in [6, 6.07) is 26.5. The minimum atomic E-state index is -4.50. The Morgan fingerprint density at radius 1 is 0.552 bits per heavy atom. The van der Waals surface area contributed by atoms with Gasteiger partial charge in [-0.05, 0) is 106 Å². The Morgan fingerprint density at radius 3 is 1.66 bits per heavy atom. The van der Waals surface area contributed by atoms with E-state index in [1.54, 1.807) is 60.9 Å². The number of alkyl halides is 6. The van der Waals surface area contributed by atoms with Gasteiger partial charge in [0.1, 0.15) is 17.2 Å². The van der Waals surface area contributed by atoms with Gasteiger partial charge in [0.15, 0.2) is 0 Å². The van der Waals surface area contributed by atoms with E-state index in [1.165, 1.54) is 48.8 Å². The van der Waals surface area contributed by atoms with Gasteiger partial charge in [-0.15, -0.1) is 0 Å². The van der Waals surface area contributed by atoms with Crippen molar-refractivity contribution in [3.63, 3.8) is 0 Å². The van der Waals surface area contributed by atoms with E-state index in [2.05, 4.69) is 46.5 Å². The van der Waals surface area contributed by atoms with Gasteiger partial charge in [-0.2, -0.15) is 26.3 Å². The average molecular weight is 862 g/mol. The Kier molecular flexibility index (Phi) is 12.6. The van der Waals surface area contributed by atoms with Gasteiger partial charge in [0.05, 0.1) is 34.4 Å². The highest BCUT2D eigenvalue weighted by atomic mass is 79.9. The number of benzene rings is 3. The Hall–Kier alpha value is -6.55. The first-order chi connectivity index (χ1) is 27.7. The van der Waals surface area contributed by atoms with E-state index in [9.17, 15) is 40.3 Å². The molecule has 0 aliphatic rings. The first kappa shape index (κ1) is 41.1. The predicted molar refractivity (Wildman–Crippen MR) is 204 cm³/mol. The molecule has 2 N–H and O–H groups in total. The second-order valence-electron chi connectivity index (χ2n) is 12.4. The van der Waals surface area contributed by atoms with Crippen molar-refractivity contribution >= 4 is 38.6 Å². The smallest absolute Gasteiger partial charge is 0.339 e. The van der Waals surface area contributed by atoms with E-state index in [0.717, 1.165) is 35.7 Å². The number of rotatable bonds is 8. The molecule has 0 bridgehead atoms. The lowest BCUT2D eigenvalue weighted by Gasteiger charge is -2.21. The molecule has 0 aliphatic heterocycles. The van der Waals surface area contributed by atoms with Crippen LogP contribution in [0.3, 0.4) is 0 Å². The fraction of sp³-hybridized carbons (Fsp3) is 0.0952. The molecule has 0 radical (unpaired) electrons. The molecule has 7 aromatic rings. The molecule has 0 unspecified atom stereocenters. The summed E-state index contributed by atoms with van der Waals surface area (Å²) >= 11 is 3.42. The van der Waals surface area contributed by atoms with Gasteiger partial charge < -0.3 is 10.6 Å². The number of hydrogen-bond acceptors (Lipinski definition) is 6. The SMILES string of the molecule is O=C(N[C@@H](c1ccc(C(F)(F)F)cc1)c1ncccc1Br)c1ccc2cccnc2c1.O=C(N[C@@H](c1ccc(C(F)(F)F)cc1)c1ncccc1F)c1ccccn1. The number of hydrogen-bond donors (Lipinski definition) is 2. The van der Waals surface area contributed by atoms with Gasteiger partial charge >= 0.3 is 12.4 Å². The highest BCUT2D eigenvalue weighted by Crippen LogP contribution is 2.33. The van der Waals surface area contributed by atoms with Crippen molar-refractivity contribution in [2.75, 3.05) is 0 Å². The Morgan fingerprint density at radius 2 is 1.09 bits per heavy atom. The van der Waals surface area contributed by atoms with Crippen molar-refractivity contribution in [3.8, 4) is 0 Å². The maximum Gasteiger partial charge on any atom is 0.416 e. The zero-order chi connectivity index (χ0) is 41.5. The number of nitrogens with zero attached hydrogens (tertiary/aromatic N) is 4. The third-order valence-corrected chi connectivity index (χ3v) is 9.25. The number of aromatic nitrogens is 4. The van der Waals surface area contributed by atoms with Crippen LogP contribution in [0.1, 0.15) is 66.6 Å². The van der Waals surface area contributed by atoms with Crippen LogP contribution >= 0.6 is 15.9 Å². The van der Waals surface area contributed by atoms with Crippen molar-refractivity contribution in [2.24, 2.45) is 0 Å². The lowest BCUT2D eigenvalue weighted by atomic mass is 10.0. The highest BCUT2D eigenvalue weighted by Gasteiger charge is 2.32. The molecule has 3 aromatic carbocycles. The summed E-state index contributed by atoms with van der Waals surface area (Å²) in [5, 5.41) is 6.36. The molecule has 0 aliphatic carbocycles. The van der Waals surface area contributed by atoms with E-state index >= 15 is 0 Å². The molecular formula is C42H28BrF7N6O2. The molecule has 8 nitrogen and oxygen atoms in total. The van der Waals surface area contributed by atoms with Crippen LogP contribution in [0.4, 0.5) is 30.7 Å². The second-order valence-corrected chi connectivity index (χ2v) is 13.3. The number of nitrogens with one attached hydrogen (secondary N) is 2. The molecule has 2 amide bonds. The Bertz CT molecular complexity index is 2520. The second kappa shape index (κ2) is 17.7. The maximum absolute atomic E-state index is 14.2. The summed E-state index contributed by atoms with van der Waals surface area (Å²) < 4.78 is 92.1. The summed E-state index contributed by atoms with van der Waals surface area (Å²) in [4.78, 5) is 41.9. The van der Waals surface area contributed by atoms with E-state index in [0.29, 0.717) is 26.8 Å². The molecule has 16 heteroatoms. The quantitative estimate of drug-likeness (QED) is 0.147. The van der Waals surface area contributed by atoms with Gasteiger partial charge in [0.25, 0.3) is 11.8 Å². The van der Waals surface area contributed by atoms with Crippen LogP contribution in [0.15, 0.2) is 151 Å². The number of carbonyl (C=O) groups excluding carboxylic acids is 2. The van der Waals surface area contributed by atoms with Crippen molar-refractivity contribution < 1.29 is 40.3 Å². The van der Waals surface area contributed by atoms with Crippen LogP contribution in [0.25, 0.3) is 10.9 Å². The fourth-order valence-corrected chi connectivity index (χ4v) is 6.18. The standard InChI is InChI=1S/C23H15BrF3N3O.C19H13F4N3O/c24-18-4-2-12-29-21(18)20(15-7-9-17(10-8-15)23(25,26)27)30-22(31)16-6-5-14-3-1-11-28-19(14)13-16;20-14-4-3-11-25-17(14)16(26-18(27)15-5-1-2-10-24-15)12-6-8-13(9-7-12)19(21,22)23/h1-13,20H,(H,30,31);1-11,16H,(H,26,27)/t20-;16-/m00/s1. The van der Waals surface area contributed by atoms with Crippen LogP contribution in [-0.2, 0) is 12.4 Å². The van der Waals surface area contributed by atoms with Crippen LogP contribution in [0.5, 0.6) is 0 Å². The number of fused-ring (bicyclic) bond motifs is 1. The number of pyridine rings is 4. The van der Waals surface area contributed by atoms with Crippen molar-refractivity contribution in [1.82, 2.24) is 30.6 Å². The van der Waals surface area contributed by atoms with E-state index in [-0.39, 0.29) is 17.0 Å². The van der Waals surface area contributed by atoms with Crippen LogP contribution in [0.2, 0.25) is 0 Å². The van der Waals surface area contributed by atoms with E-state index < -0.39 is 53.2 Å². The predicted octanol–water partition coefficient (Wildman–Crippen LogP) is 10.1. The Labute approximate surface area is 334 Å². The van der Waals surface area contributed by atoms with Crippen molar-refractivity contribution in [3.05, 3.63) is 201 Å². The number of carbonyl (C=O) groups is 2. The van der Waals surface area contributed by atoms with E-state index in [1.807, 2.05) is 6.07 Å². The van der Waals surface area contributed by atoms with Crippen LogP contribution < -0.4 is 10.6 Å². The molecule has 0 saturated carbocycles. The minimum absolute atomic E-state index is 0.0887. The van der Waals surface area contributed by atoms with Gasteiger partial charge in [-0.3, -0.25) is 29.5 Å². The molecule has 294 valence electrons. The molecule has 4 heterocycles. The summed E-state index contributed by atoms with van der Waals surface area (Å²) in [6.07, 6.45) is -2.99. The monoisotopic (exact) mass is 860 g/mol. The number of halogens is 8. The first-order valence-electron chi connectivity index (χ1n) is 17.1. The molecule has 58 heavy (non-hydrogen) atoms. The fourth-order valence-electron chi connectivity index (χ4n) is 5.69. The topological polar surface area (TPSA) is 110 Å². The zero-order valence-corrected chi connectivity index (χ0v) is 31.2. The summed E-state index contributed by atoms with van der Waals surface area (Å²) in [5.41, 5.74) is 0.631. The van der Waals surface area contributed by atoms with Crippen LogP contribution in [-0.4, -0.2) is 31.8 Å². The van der Waals surface area contributed by atoms with Gasteiger partial charge in [0, 0.05) is 40.2 Å². The van der Waals surface area contributed by atoms with Gasteiger partial charge in [-0.1, -0.05) is 42.5 Å². The third kappa shape index (κ3) is 10.1. The van der Waals surface area contributed by atoms with Crippen LogP contribution in [0, 0.1) is 5.82 Å². The molecule has 0 fully saturated rings. The third-order valence-electron chi connectivity index (χ3n) is 8.58. The average Bonchev–Trinajstić information content (AvgIpc) is 3.22. The summed E-state index contributed by atoms with van der Waals surface area (Å²) in [5.74, 6) is -1.69. The highest BCUT2D eigenvalue weighted by molar-refractivity contribution is 9.10. The molecule has 4 aromatic heterocycles.